The third-order valence-electron chi connectivity index (χ3n) is 5.29. The van der Waals surface area contributed by atoms with Crippen molar-refractivity contribution >= 4 is 17.8 Å². The minimum atomic E-state index is -4.38. The number of methoxy groups -OCH3 is 1. The average molecular weight is 479 g/mol. The second-order valence-corrected chi connectivity index (χ2v) is 7.88. The Balaban J connectivity index is 1.52. The standard InChI is InChI=1S/C23H24F3N3O5/c1-22(17-7-9-18(33-2)10-8-17)20(31)29(21(32)28-22)12-19(30)27-11-15-3-5-16(6-4-15)13-34-14-23(24,25)26/h3-10H,11-14H2,1-2H3,(H,27,30)(H,28,32). The Hall–Kier alpha value is -3.60. The molecule has 1 aliphatic heterocycles. The molecule has 0 aromatic heterocycles. The highest BCUT2D eigenvalue weighted by Gasteiger charge is 2.49. The maximum atomic E-state index is 12.9. The minimum absolute atomic E-state index is 0.113. The van der Waals surface area contributed by atoms with Crippen LogP contribution in [0.1, 0.15) is 23.6 Å². The van der Waals surface area contributed by atoms with E-state index in [4.69, 9.17) is 4.74 Å². The Morgan fingerprint density at radius 1 is 1.06 bits per heavy atom. The summed E-state index contributed by atoms with van der Waals surface area (Å²) in [5.41, 5.74) is 0.478. The van der Waals surface area contributed by atoms with E-state index in [1.54, 1.807) is 55.5 Å². The molecule has 1 atom stereocenters. The van der Waals surface area contributed by atoms with Crippen molar-refractivity contribution in [1.29, 1.82) is 0 Å². The van der Waals surface area contributed by atoms with Crippen molar-refractivity contribution in [3.63, 3.8) is 0 Å². The third kappa shape index (κ3) is 6.04. The second kappa shape index (κ2) is 10.1. The molecule has 8 nitrogen and oxygen atoms in total. The number of rotatable bonds is 9. The van der Waals surface area contributed by atoms with Crippen molar-refractivity contribution in [2.24, 2.45) is 0 Å². The fourth-order valence-electron chi connectivity index (χ4n) is 3.40. The first kappa shape index (κ1) is 25.0. The van der Waals surface area contributed by atoms with Crippen LogP contribution in [-0.4, -0.2) is 49.2 Å². The third-order valence-corrected chi connectivity index (χ3v) is 5.29. The predicted octanol–water partition coefficient (Wildman–Crippen LogP) is 2.86. The van der Waals surface area contributed by atoms with E-state index in [1.807, 2.05) is 0 Å². The molecule has 11 heteroatoms. The summed E-state index contributed by atoms with van der Waals surface area (Å²) in [5, 5.41) is 5.25. The topological polar surface area (TPSA) is 97.0 Å². The Kier molecular flexibility index (Phi) is 7.45. The van der Waals surface area contributed by atoms with Gasteiger partial charge in [-0.25, -0.2) is 4.79 Å². The van der Waals surface area contributed by atoms with E-state index in [-0.39, 0.29) is 13.2 Å². The highest BCUT2D eigenvalue weighted by Crippen LogP contribution is 2.29. The summed E-state index contributed by atoms with van der Waals surface area (Å²) in [6.07, 6.45) is -4.38. The lowest BCUT2D eigenvalue weighted by Gasteiger charge is -2.22. The molecule has 1 saturated heterocycles. The minimum Gasteiger partial charge on any atom is -0.497 e. The molecule has 0 radical (unpaired) electrons. The lowest BCUT2D eigenvalue weighted by molar-refractivity contribution is -0.176. The molecule has 34 heavy (non-hydrogen) atoms. The molecule has 1 fully saturated rings. The van der Waals surface area contributed by atoms with Crippen molar-refractivity contribution in [2.75, 3.05) is 20.3 Å². The number of benzene rings is 2. The van der Waals surface area contributed by atoms with Gasteiger partial charge in [-0.2, -0.15) is 13.2 Å². The molecular weight excluding hydrogens is 455 g/mol. The number of alkyl halides is 3. The van der Waals surface area contributed by atoms with E-state index < -0.39 is 42.7 Å². The first-order valence-electron chi connectivity index (χ1n) is 10.3. The maximum Gasteiger partial charge on any atom is 0.411 e. The molecule has 1 unspecified atom stereocenters. The summed E-state index contributed by atoms with van der Waals surface area (Å²) in [4.78, 5) is 38.6. The van der Waals surface area contributed by atoms with Crippen molar-refractivity contribution in [3.8, 4) is 5.75 Å². The molecule has 2 aromatic carbocycles. The molecule has 4 amide bonds. The predicted molar refractivity (Wildman–Crippen MR) is 115 cm³/mol. The van der Waals surface area contributed by atoms with Gasteiger partial charge in [0.15, 0.2) is 0 Å². The molecular formula is C23H24F3N3O5. The number of hydrogen-bond donors (Lipinski definition) is 2. The molecule has 1 heterocycles. The summed E-state index contributed by atoms with van der Waals surface area (Å²) in [5.74, 6) is -0.497. The number of nitrogens with one attached hydrogen (secondary N) is 2. The number of hydrogen-bond acceptors (Lipinski definition) is 5. The van der Waals surface area contributed by atoms with Crippen LogP contribution in [0.5, 0.6) is 5.75 Å². The van der Waals surface area contributed by atoms with Crippen LogP contribution in [0.15, 0.2) is 48.5 Å². The van der Waals surface area contributed by atoms with E-state index in [2.05, 4.69) is 15.4 Å². The number of imide groups is 1. The number of halogens is 3. The highest BCUT2D eigenvalue weighted by atomic mass is 19.4. The normalized spacial score (nSPS) is 18.1. The van der Waals surface area contributed by atoms with Crippen LogP contribution < -0.4 is 15.4 Å². The Morgan fingerprint density at radius 3 is 2.26 bits per heavy atom. The second-order valence-electron chi connectivity index (χ2n) is 7.88. The molecule has 0 spiro atoms. The lowest BCUT2D eigenvalue weighted by atomic mass is 9.92. The summed E-state index contributed by atoms with van der Waals surface area (Å²) in [6.45, 7) is -0.301. The van der Waals surface area contributed by atoms with Crippen molar-refractivity contribution in [3.05, 3.63) is 65.2 Å². The summed E-state index contributed by atoms with van der Waals surface area (Å²) < 4.78 is 46.1. The van der Waals surface area contributed by atoms with Crippen LogP contribution in [0.25, 0.3) is 0 Å². The monoisotopic (exact) mass is 479 g/mol. The number of urea groups is 1. The van der Waals surface area contributed by atoms with Gasteiger partial charge >= 0.3 is 12.2 Å². The fraction of sp³-hybridized carbons (Fsp3) is 0.348. The SMILES string of the molecule is COc1ccc(C2(C)NC(=O)N(CC(=O)NCc3ccc(COCC(F)(F)F)cc3)C2=O)cc1. The Morgan fingerprint density at radius 2 is 1.68 bits per heavy atom. The smallest absolute Gasteiger partial charge is 0.411 e. The van der Waals surface area contributed by atoms with Gasteiger partial charge in [0.25, 0.3) is 5.91 Å². The van der Waals surface area contributed by atoms with Crippen LogP contribution in [0.2, 0.25) is 0 Å². The lowest BCUT2D eigenvalue weighted by Crippen LogP contribution is -2.43. The zero-order valence-corrected chi connectivity index (χ0v) is 18.6. The van der Waals surface area contributed by atoms with Gasteiger partial charge in [-0.05, 0) is 35.7 Å². The summed E-state index contributed by atoms with van der Waals surface area (Å²) >= 11 is 0. The van der Waals surface area contributed by atoms with Gasteiger partial charge in [-0.1, -0.05) is 36.4 Å². The molecule has 182 valence electrons. The maximum absolute atomic E-state index is 12.9. The quantitative estimate of drug-likeness (QED) is 0.540. The molecule has 2 aromatic rings. The van der Waals surface area contributed by atoms with Crippen LogP contribution in [0.3, 0.4) is 0 Å². The fourth-order valence-corrected chi connectivity index (χ4v) is 3.40. The van der Waals surface area contributed by atoms with Gasteiger partial charge < -0.3 is 20.1 Å². The molecule has 0 saturated carbocycles. The van der Waals surface area contributed by atoms with Crippen molar-refractivity contribution in [2.45, 2.75) is 31.8 Å². The number of amides is 4. The average Bonchev–Trinajstić information content (AvgIpc) is 3.01. The van der Waals surface area contributed by atoms with Gasteiger partial charge in [0.2, 0.25) is 5.91 Å². The van der Waals surface area contributed by atoms with Crippen molar-refractivity contribution in [1.82, 2.24) is 15.5 Å². The number of carbonyl (C=O) groups excluding carboxylic acids is 3. The van der Waals surface area contributed by atoms with Crippen LogP contribution >= 0.6 is 0 Å². The molecule has 2 N–H and O–H groups in total. The number of carbonyl (C=O) groups is 3. The van der Waals surface area contributed by atoms with Crippen molar-refractivity contribution < 1.29 is 37.0 Å². The van der Waals surface area contributed by atoms with E-state index in [0.29, 0.717) is 22.4 Å². The Labute approximate surface area is 194 Å². The van der Waals surface area contributed by atoms with Gasteiger partial charge in [0.05, 0.1) is 13.7 Å². The molecule has 0 bridgehead atoms. The largest absolute Gasteiger partial charge is 0.497 e. The van der Waals surface area contributed by atoms with E-state index in [1.165, 1.54) is 7.11 Å². The zero-order valence-electron chi connectivity index (χ0n) is 18.6. The van der Waals surface area contributed by atoms with E-state index >= 15 is 0 Å². The summed E-state index contributed by atoms with van der Waals surface area (Å²) in [7, 11) is 1.51. The molecule has 1 aliphatic rings. The van der Waals surface area contributed by atoms with Crippen LogP contribution in [0.4, 0.5) is 18.0 Å². The Bertz CT molecular complexity index is 1040. The van der Waals surface area contributed by atoms with Gasteiger partial charge in [0, 0.05) is 6.54 Å². The first-order valence-corrected chi connectivity index (χ1v) is 10.3. The van der Waals surface area contributed by atoms with Gasteiger partial charge in [-0.3, -0.25) is 14.5 Å². The van der Waals surface area contributed by atoms with Gasteiger partial charge in [0.1, 0.15) is 24.4 Å². The summed E-state index contributed by atoms with van der Waals surface area (Å²) in [6, 6.07) is 12.5. The zero-order chi connectivity index (χ0) is 24.9. The molecule has 3 rings (SSSR count). The number of ether oxygens (including phenoxy) is 2. The highest BCUT2D eigenvalue weighted by molar-refractivity contribution is 6.09. The van der Waals surface area contributed by atoms with E-state index in [0.717, 1.165) is 4.90 Å². The molecule has 0 aliphatic carbocycles. The number of nitrogens with zero attached hydrogens (tertiary/aromatic N) is 1. The van der Waals surface area contributed by atoms with Gasteiger partial charge in [-0.15, -0.1) is 0 Å². The first-order chi connectivity index (χ1) is 16.0. The van der Waals surface area contributed by atoms with Crippen LogP contribution in [-0.2, 0) is 33.0 Å². The van der Waals surface area contributed by atoms with Crippen LogP contribution in [0, 0.1) is 0 Å². The van der Waals surface area contributed by atoms with E-state index in [9.17, 15) is 27.6 Å².